The van der Waals surface area contributed by atoms with Crippen molar-refractivity contribution in [3.8, 4) is 22.9 Å². The number of nitrogens with one attached hydrogen (secondary N) is 1. The number of nitrogens with zero attached hydrogens (tertiary/aromatic N) is 5. The number of aromatic nitrogens is 4. The summed E-state index contributed by atoms with van der Waals surface area (Å²) in [5, 5.41) is 17.1. The number of benzene rings is 1. The summed E-state index contributed by atoms with van der Waals surface area (Å²) < 4.78 is 50.4. The molecule has 0 saturated heterocycles. The lowest BCUT2D eigenvalue weighted by Gasteiger charge is -2.40. The van der Waals surface area contributed by atoms with Crippen molar-refractivity contribution in [2.45, 2.75) is 77.4 Å². The molecule has 0 amide bonds. The van der Waals surface area contributed by atoms with E-state index in [1.807, 2.05) is 7.05 Å². The van der Waals surface area contributed by atoms with Crippen LogP contribution in [-0.2, 0) is 0 Å². The second-order valence-electron chi connectivity index (χ2n) is 11.5. The Bertz CT molecular complexity index is 1300. The molecule has 38 heavy (non-hydrogen) atoms. The molecule has 1 aliphatic carbocycles. The second-order valence-corrected chi connectivity index (χ2v) is 11.5. The first-order chi connectivity index (χ1) is 17.9. The summed E-state index contributed by atoms with van der Waals surface area (Å²) in [5.41, 5.74) is 7.81. The van der Waals surface area contributed by atoms with Gasteiger partial charge in [-0.25, -0.2) is 0 Å². The Balaban J connectivity index is 1.59. The minimum absolute atomic E-state index is 0.0932. The Hall–Kier alpha value is -3.28. The van der Waals surface area contributed by atoms with Crippen LogP contribution in [-0.4, -0.2) is 58.0 Å². The number of nitrogens with two attached hydrogens (primary N) is 1. The molecule has 0 radical (unpaired) electrons. The van der Waals surface area contributed by atoms with Gasteiger partial charge in [-0.3, -0.25) is 0 Å². The fourth-order valence-electron chi connectivity index (χ4n) is 5.28. The van der Waals surface area contributed by atoms with Crippen LogP contribution in [0, 0.1) is 5.41 Å². The van der Waals surface area contributed by atoms with Crippen LogP contribution in [0.2, 0.25) is 0 Å². The third kappa shape index (κ3) is 5.59. The molecule has 1 unspecified atom stereocenters. The van der Waals surface area contributed by atoms with Crippen molar-refractivity contribution in [2.24, 2.45) is 11.1 Å². The maximum Gasteiger partial charge on any atom is 0.573 e. The van der Waals surface area contributed by atoms with Crippen LogP contribution in [0.3, 0.4) is 0 Å². The molecule has 0 bridgehead atoms. The fraction of sp³-hybridized carbons (Fsp3) is 0.577. The average Bonchev–Trinajstić information content (AvgIpc) is 3.24. The van der Waals surface area contributed by atoms with Crippen LogP contribution in [0.5, 0.6) is 11.5 Å². The van der Waals surface area contributed by atoms with E-state index in [9.17, 15) is 13.2 Å². The Kier molecular flexibility index (Phi) is 6.79. The number of halogens is 3. The van der Waals surface area contributed by atoms with Crippen LogP contribution in [0.15, 0.2) is 24.3 Å². The highest BCUT2D eigenvalue weighted by Crippen LogP contribution is 2.44. The van der Waals surface area contributed by atoms with Gasteiger partial charge in [0, 0.05) is 24.7 Å². The number of hydrogen-bond acceptors (Lipinski definition) is 8. The zero-order valence-corrected chi connectivity index (χ0v) is 22.0. The molecule has 0 spiro atoms. The number of anilines is 2. The summed E-state index contributed by atoms with van der Waals surface area (Å²) in [7, 11) is 2.03. The standard InChI is InChI=1S/C26H34F3N7O2/c1-25(2,3)13-18-14-37-21-20(35(18)4)22(31-17-10-8-16(30)9-11-17)34-36-23(32-33-24(21)36)15-6-5-7-19(12-15)38-26(27,28)29/h5-7,12,16-18H,8-11,13-14,30H2,1-4H3,(H,31,34). The minimum atomic E-state index is -4.80. The number of ether oxygens (including phenoxy) is 2. The third-order valence-electron chi connectivity index (χ3n) is 7.09. The van der Waals surface area contributed by atoms with Crippen molar-refractivity contribution in [1.29, 1.82) is 0 Å². The van der Waals surface area contributed by atoms with Gasteiger partial charge in [0.05, 0.1) is 6.04 Å². The van der Waals surface area contributed by atoms with Crippen LogP contribution >= 0.6 is 0 Å². The molecule has 3 aromatic rings. The van der Waals surface area contributed by atoms with E-state index < -0.39 is 6.36 Å². The monoisotopic (exact) mass is 533 g/mol. The average molecular weight is 534 g/mol. The lowest BCUT2D eigenvalue weighted by molar-refractivity contribution is -0.274. The van der Waals surface area contributed by atoms with Crippen molar-refractivity contribution in [3.63, 3.8) is 0 Å². The molecule has 1 fully saturated rings. The van der Waals surface area contributed by atoms with Gasteiger partial charge < -0.3 is 25.4 Å². The summed E-state index contributed by atoms with van der Waals surface area (Å²) in [4.78, 5) is 2.19. The van der Waals surface area contributed by atoms with Gasteiger partial charge in [0.25, 0.3) is 0 Å². The van der Waals surface area contributed by atoms with Crippen LogP contribution in [0.4, 0.5) is 24.7 Å². The van der Waals surface area contributed by atoms with Gasteiger partial charge in [-0.1, -0.05) is 32.9 Å². The molecular weight excluding hydrogens is 499 g/mol. The molecule has 2 aromatic heterocycles. The Labute approximate surface area is 219 Å². The molecule has 2 aliphatic rings. The summed E-state index contributed by atoms with van der Waals surface area (Å²) in [6.45, 7) is 7.06. The molecule has 9 nitrogen and oxygen atoms in total. The first kappa shape index (κ1) is 26.3. The Morgan fingerprint density at radius 2 is 1.87 bits per heavy atom. The molecule has 3 N–H and O–H groups in total. The Morgan fingerprint density at radius 1 is 1.13 bits per heavy atom. The summed E-state index contributed by atoms with van der Waals surface area (Å²) in [6.07, 6.45) is -0.217. The highest BCUT2D eigenvalue weighted by molar-refractivity contribution is 5.82. The first-order valence-corrected chi connectivity index (χ1v) is 12.9. The molecule has 1 saturated carbocycles. The van der Waals surface area contributed by atoms with Gasteiger partial charge >= 0.3 is 6.36 Å². The van der Waals surface area contributed by atoms with Gasteiger partial charge in [-0.2, -0.15) is 4.52 Å². The van der Waals surface area contributed by atoms with E-state index >= 15 is 0 Å². The number of alkyl halides is 3. The van der Waals surface area contributed by atoms with Crippen molar-refractivity contribution < 1.29 is 22.6 Å². The molecule has 5 rings (SSSR count). The number of fused-ring (bicyclic) bond motifs is 3. The molecular formula is C26H34F3N7O2. The largest absolute Gasteiger partial charge is 0.573 e. The summed E-state index contributed by atoms with van der Waals surface area (Å²) >= 11 is 0. The lowest BCUT2D eigenvalue weighted by atomic mass is 9.87. The molecule has 12 heteroatoms. The van der Waals surface area contributed by atoms with Crippen molar-refractivity contribution in [1.82, 2.24) is 19.8 Å². The molecule has 3 heterocycles. The van der Waals surface area contributed by atoms with E-state index in [2.05, 4.69) is 45.9 Å². The quantitative estimate of drug-likeness (QED) is 0.472. The van der Waals surface area contributed by atoms with Crippen molar-refractivity contribution in [3.05, 3.63) is 24.3 Å². The highest BCUT2D eigenvalue weighted by Gasteiger charge is 2.35. The zero-order chi connectivity index (χ0) is 27.2. The zero-order valence-electron chi connectivity index (χ0n) is 22.0. The normalized spacial score (nSPS) is 22.2. The molecule has 1 aromatic carbocycles. The number of likely N-dealkylation sites (N-methyl/N-ethyl adjacent to an activating group) is 1. The maximum atomic E-state index is 12.8. The first-order valence-electron chi connectivity index (χ1n) is 12.9. The maximum absolute atomic E-state index is 12.8. The van der Waals surface area contributed by atoms with E-state index in [1.54, 1.807) is 6.07 Å². The van der Waals surface area contributed by atoms with Gasteiger partial charge in [0.2, 0.25) is 5.65 Å². The van der Waals surface area contributed by atoms with Crippen molar-refractivity contribution in [2.75, 3.05) is 23.9 Å². The van der Waals surface area contributed by atoms with Crippen molar-refractivity contribution >= 4 is 17.2 Å². The summed E-state index contributed by atoms with van der Waals surface area (Å²) in [6, 6.07) is 6.14. The minimum Gasteiger partial charge on any atom is -0.485 e. The van der Waals surface area contributed by atoms with E-state index in [4.69, 9.17) is 15.6 Å². The molecule has 1 atom stereocenters. The number of hydrogen-bond donors (Lipinski definition) is 2. The second kappa shape index (κ2) is 9.79. The van der Waals surface area contributed by atoms with E-state index in [0.29, 0.717) is 29.4 Å². The predicted molar refractivity (Wildman–Crippen MR) is 139 cm³/mol. The van der Waals surface area contributed by atoms with Gasteiger partial charge in [0.15, 0.2) is 17.4 Å². The predicted octanol–water partition coefficient (Wildman–Crippen LogP) is 5.01. The fourth-order valence-corrected chi connectivity index (χ4v) is 5.28. The third-order valence-corrected chi connectivity index (χ3v) is 7.09. The Morgan fingerprint density at radius 3 is 2.55 bits per heavy atom. The molecule has 1 aliphatic heterocycles. The van der Waals surface area contributed by atoms with E-state index in [1.165, 1.54) is 22.7 Å². The highest BCUT2D eigenvalue weighted by atomic mass is 19.4. The molecule has 206 valence electrons. The van der Waals surface area contributed by atoms with E-state index in [0.717, 1.165) is 37.8 Å². The smallest absolute Gasteiger partial charge is 0.485 e. The van der Waals surface area contributed by atoms with Gasteiger partial charge in [0.1, 0.15) is 18.0 Å². The summed E-state index contributed by atoms with van der Waals surface area (Å²) in [5.74, 6) is 1.11. The van der Waals surface area contributed by atoms with Gasteiger partial charge in [-0.15, -0.1) is 28.5 Å². The van der Waals surface area contributed by atoms with Gasteiger partial charge in [-0.05, 0) is 49.7 Å². The van der Waals surface area contributed by atoms with Crippen LogP contribution < -0.4 is 25.4 Å². The number of rotatable bonds is 5. The van der Waals surface area contributed by atoms with Crippen LogP contribution in [0.1, 0.15) is 52.9 Å². The van der Waals surface area contributed by atoms with E-state index in [-0.39, 0.29) is 35.1 Å². The topological polar surface area (TPSA) is 103 Å². The van der Waals surface area contributed by atoms with Crippen LogP contribution in [0.25, 0.3) is 17.0 Å². The SMILES string of the molecule is CN1c2c(NC3CCC(N)CC3)nn3c(-c4cccc(OC(F)(F)F)c4)nnc3c2OCC1CC(C)(C)C. The lowest BCUT2D eigenvalue weighted by Crippen LogP contribution is -2.44.